The molecule has 0 bridgehead atoms. The summed E-state index contributed by atoms with van der Waals surface area (Å²) in [4.78, 5) is 9.83. The van der Waals surface area contributed by atoms with Gasteiger partial charge in [0.05, 0.1) is 13.1 Å². The lowest BCUT2D eigenvalue weighted by molar-refractivity contribution is -0.277. The van der Waals surface area contributed by atoms with Gasteiger partial charge in [-0.15, -0.1) is 0 Å². The topological polar surface area (TPSA) is 55.5 Å². The second-order valence-electron chi connectivity index (χ2n) is 5.17. The summed E-state index contributed by atoms with van der Waals surface area (Å²) >= 11 is 0. The monoisotopic (exact) mass is 301 g/mol. The third-order valence-electron chi connectivity index (χ3n) is 3.98. The molecule has 3 heterocycles. The number of anilines is 1. The van der Waals surface area contributed by atoms with Crippen LogP contribution in [0.15, 0.2) is 6.33 Å². The average Bonchev–Trinajstić information content (AvgIpc) is 2.78. The number of aryl methyl sites for hydroxylation is 1. The predicted molar refractivity (Wildman–Crippen MR) is 68.3 cm³/mol. The highest BCUT2D eigenvalue weighted by Gasteiger charge is 2.63. The minimum absolute atomic E-state index is 0.272. The molecule has 0 aromatic carbocycles. The third kappa shape index (κ3) is 1.87. The molecule has 0 radical (unpaired) electrons. The van der Waals surface area contributed by atoms with E-state index >= 15 is 0 Å². The Bertz CT molecular complexity index is 690. The van der Waals surface area contributed by atoms with Crippen molar-refractivity contribution in [3.8, 4) is 0 Å². The maximum atomic E-state index is 13.1. The highest BCUT2D eigenvalue weighted by Crippen LogP contribution is 2.43. The second-order valence-corrected chi connectivity index (χ2v) is 5.17. The maximum absolute atomic E-state index is 13.1. The summed E-state index contributed by atoms with van der Waals surface area (Å²) in [7, 11) is 1.08. The van der Waals surface area contributed by atoms with Crippen LogP contribution in [0.3, 0.4) is 0 Å². The van der Waals surface area contributed by atoms with E-state index in [4.69, 9.17) is 4.74 Å². The Balaban J connectivity index is 2.01. The molecule has 21 heavy (non-hydrogen) atoms. The van der Waals surface area contributed by atoms with Crippen molar-refractivity contribution < 1.29 is 17.9 Å². The Hall–Kier alpha value is -1.90. The number of methoxy groups -OCH3 is 1. The molecular weight excluding hydrogens is 287 g/mol. The SMILES string of the molecule is COC1(C(F)(F)F)CN(c2c(C)c(C)nc3ncnn23)C1. The van der Waals surface area contributed by atoms with Crippen molar-refractivity contribution in [3.05, 3.63) is 17.6 Å². The molecule has 1 aliphatic heterocycles. The Morgan fingerprint density at radius 3 is 2.52 bits per heavy atom. The summed E-state index contributed by atoms with van der Waals surface area (Å²) in [5, 5.41) is 4.04. The van der Waals surface area contributed by atoms with Crippen LogP contribution in [0.25, 0.3) is 5.78 Å². The Labute approximate surface area is 118 Å². The fraction of sp³-hybridized carbons (Fsp3) is 0.583. The molecule has 1 fully saturated rings. The van der Waals surface area contributed by atoms with E-state index in [-0.39, 0.29) is 13.1 Å². The molecule has 0 amide bonds. The Morgan fingerprint density at radius 1 is 1.29 bits per heavy atom. The first-order valence-corrected chi connectivity index (χ1v) is 6.33. The van der Waals surface area contributed by atoms with Gasteiger partial charge in [0.2, 0.25) is 0 Å². The summed E-state index contributed by atoms with van der Waals surface area (Å²) < 4.78 is 45.4. The van der Waals surface area contributed by atoms with Crippen LogP contribution < -0.4 is 4.90 Å². The second kappa shape index (κ2) is 4.30. The summed E-state index contributed by atoms with van der Waals surface area (Å²) in [5.74, 6) is 0.946. The highest BCUT2D eigenvalue weighted by molar-refractivity contribution is 5.56. The molecule has 1 saturated heterocycles. The van der Waals surface area contributed by atoms with Gasteiger partial charge >= 0.3 is 6.18 Å². The van der Waals surface area contributed by atoms with Gasteiger partial charge in [-0.25, -0.2) is 4.98 Å². The van der Waals surface area contributed by atoms with Crippen LogP contribution in [-0.2, 0) is 4.74 Å². The molecule has 2 aromatic rings. The van der Waals surface area contributed by atoms with Gasteiger partial charge < -0.3 is 9.64 Å². The van der Waals surface area contributed by atoms with Gasteiger partial charge in [-0.1, -0.05) is 0 Å². The molecule has 1 aliphatic rings. The summed E-state index contributed by atoms with van der Waals surface area (Å²) in [6, 6.07) is 0. The molecule has 3 rings (SSSR count). The fourth-order valence-electron chi connectivity index (χ4n) is 2.53. The molecule has 0 N–H and O–H groups in total. The zero-order valence-electron chi connectivity index (χ0n) is 11.8. The molecule has 0 aliphatic carbocycles. The maximum Gasteiger partial charge on any atom is 0.420 e. The minimum atomic E-state index is -4.41. The molecule has 6 nitrogen and oxygen atoms in total. The van der Waals surface area contributed by atoms with E-state index in [1.54, 1.807) is 18.7 Å². The number of rotatable bonds is 2. The van der Waals surface area contributed by atoms with E-state index in [9.17, 15) is 13.2 Å². The van der Waals surface area contributed by atoms with E-state index in [0.29, 0.717) is 17.3 Å². The fourth-order valence-corrected chi connectivity index (χ4v) is 2.53. The summed E-state index contributed by atoms with van der Waals surface area (Å²) in [6.07, 6.45) is -3.08. The van der Waals surface area contributed by atoms with E-state index in [0.717, 1.165) is 12.7 Å². The molecule has 2 aromatic heterocycles. The lowest BCUT2D eigenvalue weighted by Gasteiger charge is -2.50. The molecule has 0 spiro atoms. The lowest BCUT2D eigenvalue weighted by Crippen LogP contribution is -2.70. The quantitative estimate of drug-likeness (QED) is 0.841. The minimum Gasteiger partial charge on any atom is -0.365 e. The Kier molecular flexibility index (Phi) is 2.88. The third-order valence-corrected chi connectivity index (χ3v) is 3.98. The van der Waals surface area contributed by atoms with Gasteiger partial charge in [-0.3, -0.25) is 0 Å². The van der Waals surface area contributed by atoms with Crippen LogP contribution in [0.5, 0.6) is 0 Å². The van der Waals surface area contributed by atoms with Crippen molar-refractivity contribution in [1.29, 1.82) is 0 Å². The van der Waals surface area contributed by atoms with E-state index in [1.807, 2.05) is 0 Å². The highest BCUT2D eigenvalue weighted by atomic mass is 19.4. The number of hydrogen-bond donors (Lipinski definition) is 0. The number of fused-ring (bicyclic) bond motifs is 1. The zero-order valence-corrected chi connectivity index (χ0v) is 11.8. The van der Waals surface area contributed by atoms with Gasteiger partial charge in [0.25, 0.3) is 5.78 Å². The molecular formula is C12H14F3N5O. The smallest absolute Gasteiger partial charge is 0.365 e. The number of alkyl halides is 3. The molecule has 0 saturated carbocycles. The van der Waals surface area contributed by atoms with Crippen molar-refractivity contribution in [2.45, 2.75) is 25.6 Å². The van der Waals surface area contributed by atoms with Crippen LogP contribution in [0.4, 0.5) is 19.0 Å². The number of nitrogens with zero attached hydrogens (tertiary/aromatic N) is 5. The van der Waals surface area contributed by atoms with Crippen LogP contribution in [0.2, 0.25) is 0 Å². The van der Waals surface area contributed by atoms with Crippen LogP contribution in [0.1, 0.15) is 11.3 Å². The first kappa shape index (κ1) is 14.1. The number of ether oxygens (including phenoxy) is 1. The molecule has 0 atom stereocenters. The van der Waals surface area contributed by atoms with Crippen LogP contribution in [0, 0.1) is 13.8 Å². The van der Waals surface area contributed by atoms with E-state index < -0.39 is 11.8 Å². The standard InChI is InChI=1S/C12H14F3N5O/c1-7-8(2)18-10-16-6-17-20(10)9(7)19-4-11(5-19,21-3)12(13,14)15/h6H,4-5H2,1-3H3. The first-order valence-electron chi connectivity index (χ1n) is 6.33. The van der Waals surface area contributed by atoms with Crippen molar-refractivity contribution in [2.24, 2.45) is 0 Å². The number of aromatic nitrogens is 4. The van der Waals surface area contributed by atoms with E-state index in [1.165, 1.54) is 10.8 Å². The number of hydrogen-bond acceptors (Lipinski definition) is 5. The van der Waals surface area contributed by atoms with Crippen molar-refractivity contribution in [1.82, 2.24) is 19.6 Å². The summed E-state index contributed by atoms with van der Waals surface area (Å²) in [6.45, 7) is 3.05. The van der Waals surface area contributed by atoms with Gasteiger partial charge in [0.1, 0.15) is 12.1 Å². The largest absolute Gasteiger partial charge is 0.420 e. The number of halogens is 3. The van der Waals surface area contributed by atoms with Gasteiger partial charge in [-0.2, -0.15) is 27.8 Å². The van der Waals surface area contributed by atoms with E-state index in [2.05, 4.69) is 15.1 Å². The normalized spacial score (nSPS) is 18.1. The molecule has 9 heteroatoms. The van der Waals surface area contributed by atoms with Gasteiger partial charge in [0, 0.05) is 18.4 Å². The van der Waals surface area contributed by atoms with Gasteiger partial charge in [-0.05, 0) is 13.8 Å². The van der Waals surface area contributed by atoms with Crippen molar-refractivity contribution >= 4 is 11.6 Å². The van der Waals surface area contributed by atoms with Crippen molar-refractivity contribution in [2.75, 3.05) is 25.1 Å². The van der Waals surface area contributed by atoms with Crippen LogP contribution in [-0.4, -0.2) is 51.6 Å². The molecule has 0 unspecified atom stereocenters. The molecule has 114 valence electrons. The van der Waals surface area contributed by atoms with Crippen molar-refractivity contribution in [3.63, 3.8) is 0 Å². The zero-order chi connectivity index (χ0) is 15.4. The Morgan fingerprint density at radius 2 is 1.95 bits per heavy atom. The van der Waals surface area contributed by atoms with Crippen LogP contribution >= 0.6 is 0 Å². The predicted octanol–water partition coefficient (Wildman–Crippen LogP) is 1.51. The van der Waals surface area contributed by atoms with Gasteiger partial charge in [0.15, 0.2) is 5.60 Å². The average molecular weight is 301 g/mol. The lowest BCUT2D eigenvalue weighted by atomic mass is 9.92. The first-order chi connectivity index (χ1) is 9.79. The summed E-state index contributed by atoms with van der Waals surface area (Å²) in [5.41, 5.74) is -0.629.